The van der Waals surface area contributed by atoms with Crippen LogP contribution in [0.25, 0.3) is 0 Å². The number of ether oxygens (including phenoxy) is 2. The second kappa shape index (κ2) is 14.5. The number of aliphatic hydroxyl groups is 4. The minimum atomic E-state index is -1.58. The molecular formula is C25H36Cl2N2O8S. The molecule has 0 bridgehead atoms. The van der Waals surface area contributed by atoms with Gasteiger partial charge in [-0.2, -0.15) is 0 Å². The number of halogens is 2. The van der Waals surface area contributed by atoms with Crippen molar-refractivity contribution in [3.8, 4) is 0 Å². The maximum Gasteiger partial charge on any atom is 0.338 e. The van der Waals surface area contributed by atoms with Crippen LogP contribution in [0.1, 0.15) is 43.5 Å². The van der Waals surface area contributed by atoms with E-state index in [1.807, 2.05) is 0 Å². The molecule has 2 aliphatic rings. The van der Waals surface area contributed by atoms with E-state index < -0.39 is 54.0 Å². The smallest absolute Gasteiger partial charge is 0.338 e. The van der Waals surface area contributed by atoms with E-state index in [2.05, 4.69) is 17.6 Å². The summed E-state index contributed by atoms with van der Waals surface area (Å²) in [7, 11) is 0. The van der Waals surface area contributed by atoms with Crippen LogP contribution in [0.4, 0.5) is 0 Å². The quantitative estimate of drug-likeness (QED) is 0.163. The van der Waals surface area contributed by atoms with Crippen LogP contribution in [0.2, 0.25) is 10.0 Å². The number of carbonyl (C=O) groups is 2. The molecule has 2 aliphatic heterocycles. The largest absolute Gasteiger partial charge is 0.461 e. The lowest BCUT2D eigenvalue weighted by molar-refractivity contribution is -0.211. The van der Waals surface area contributed by atoms with Gasteiger partial charge in [0.25, 0.3) is 0 Å². The molecule has 2 fully saturated rings. The van der Waals surface area contributed by atoms with Crippen molar-refractivity contribution in [3.63, 3.8) is 0 Å². The summed E-state index contributed by atoms with van der Waals surface area (Å²) in [5, 5.41) is 48.5. The van der Waals surface area contributed by atoms with E-state index in [0.717, 1.165) is 31.1 Å². The molecule has 9 atom stereocenters. The van der Waals surface area contributed by atoms with Gasteiger partial charge in [0.2, 0.25) is 5.91 Å². The molecule has 6 N–H and O–H groups in total. The lowest BCUT2D eigenvalue weighted by Crippen LogP contribution is -2.65. The molecular weight excluding hydrogens is 559 g/mol. The number of esters is 1. The number of amides is 1. The fourth-order valence-corrected chi connectivity index (χ4v) is 5.97. The van der Waals surface area contributed by atoms with Gasteiger partial charge in [0.15, 0.2) is 0 Å². The predicted octanol–water partition coefficient (Wildman–Crippen LogP) is 1.33. The molecule has 2 heterocycles. The highest BCUT2D eigenvalue weighted by Crippen LogP contribution is 2.31. The number of benzene rings is 1. The predicted molar refractivity (Wildman–Crippen MR) is 144 cm³/mol. The highest BCUT2D eigenvalue weighted by Gasteiger charge is 2.48. The number of carbonyl (C=O) groups excluding carboxylic acids is 2. The number of thioether (sulfide) groups is 1. The van der Waals surface area contributed by atoms with E-state index in [1.165, 1.54) is 25.1 Å². The molecule has 10 nitrogen and oxygen atoms in total. The van der Waals surface area contributed by atoms with Crippen LogP contribution in [-0.2, 0) is 14.3 Å². The van der Waals surface area contributed by atoms with Gasteiger partial charge in [0.05, 0.1) is 33.8 Å². The Morgan fingerprint density at radius 3 is 2.61 bits per heavy atom. The molecule has 13 heteroatoms. The van der Waals surface area contributed by atoms with E-state index >= 15 is 0 Å². The molecule has 0 aromatic heterocycles. The first-order chi connectivity index (χ1) is 18.0. The van der Waals surface area contributed by atoms with Crippen LogP contribution in [-0.4, -0.2) is 99.2 Å². The summed E-state index contributed by atoms with van der Waals surface area (Å²) in [6.07, 6.45) is -4.21. The summed E-state index contributed by atoms with van der Waals surface area (Å²) in [4.78, 5) is 25.2. The van der Waals surface area contributed by atoms with Gasteiger partial charge in [0, 0.05) is 5.75 Å². The molecule has 0 unspecified atom stereocenters. The van der Waals surface area contributed by atoms with E-state index in [0.29, 0.717) is 17.4 Å². The molecule has 0 aliphatic carbocycles. The number of hydrogen-bond acceptors (Lipinski definition) is 10. The summed E-state index contributed by atoms with van der Waals surface area (Å²) in [6, 6.07) is 2.89. The van der Waals surface area contributed by atoms with Gasteiger partial charge in [-0.15, -0.1) is 11.8 Å². The molecule has 1 aromatic rings. The summed E-state index contributed by atoms with van der Waals surface area (Å²) in [5.74, 6) is -0.354. The zero-order valence-corrected chi connectivity index (χ0v) is 23.6. The third-order valence-corrected chi connectivity index (χ3v) is 8.64. The average molecular weight is 596 g/mol. The van der Waals surface area contributed by atoms with Gasteiger partial charge in [-0.3, -0.25) is 4.79 Å². The molecule has 214 valence electrons. The van der Waals surface area contributed by atoms with Crippen molar-refractivity contribution in [1.29, 1.82) is 0 Å². The third-order valence-electron chi connectivity index (χ3n) is 6.78. The Bertz CT molecular complexity index is 958. The van der Waals surface area contributed by atoms with Gasteiger partial charge in [-0.05, 0) is 50.4 Å². The van der Waals surface area contributed by atoms with Crippen molar-refractivity contribution in [1.82, 2.24) is 10.6 Å². The van der Waals surface area contributed by atoms with Crippen LogP contribution >= 0.6 is 35.0 Å². The van der Waals surface area contributed by atoms with Crippen molar-refractivity contribution >= 4 is 46.8 Å². The van der Waals surface area contributed by atoms with E-state index in [1.54, 1.807) is 0 Å². The fraction of sp³-hybridized carbons (Fsp3) is 0.680. The highest BCUT2D eigenvalue weighted by atomic mass is 35.5. The molecule has 0 saturated carbocycles. The van der Waals surface area contributed by atoms with Gasteiger partial charge in [-0.1, -0.05) is 36.5 Å². The second-order valence-electron chi connectivity index (χ2n) is 9.70. The Morgan fingerprint density at radius 1 is 1.21 bits per heavy atom. The van der Waals surface area contributed by atoms with Crippen LogP contribution in [0, 0.1) is 5.92 Å². The monoisotopic (exact) mass is 594 g/mol. The highest BCUT2D eigenvalue weighted by molar-refractivity contribution is 7.99. The molecule has 38 heavy (non-hydrogen) atoms. The lowest BCUT2D eigenvalue weighted by Gasteiger charge is -2.44. The van der Waals surface area contributed by atoms with Gasteiger partial charge in [-0.25, -0.2) is 4.79 Å². The van der Waals surface area contributed by atoms with Crippen LogP contribution in [0.15, 0.2) is 18.2 Å². The van der Waals surface area contributed by atoms with E-state index in [-0.39, 0.29) is 28.9 Å². The Hall–Kier alpha value is -1.15. The van der Waals surface area contributed by atoms with E-state index in [9.17, 15) is 30.0 Å². The Kier molecular flexibility index (Phi) is 12.0. The molecule has 2 saturated heterocycles. The molecule has 1 amide bonds. The maximum absolute atomic E-state index is 12.9. The second-order valence-corrected chi connectivity index (χ2v) is 11.7. The van der Waals surface area contributed by atoms with Crippen molar-refractivity contribution in [3.05, 3.63) is 33.8 Å². The minimum Gasteiger partial charge on any atom is -0.461 e. The van der Waals surface area contributed by atoms with Crippen molar-refractivity contribution in [2.24, 2.45) is 5.92 Å². The zero-order valence-electron chi connectivity index (χ0n) is 21.3. The zero-order chi connectivity index (χ0) is 28.0. The van der Waals surface area contributed by atoms with Crippen LogP contribution in [0.3, 0.4) is 0 Å². The van der Waals surface area contributed by atoms with Crippen LogP contribution < -0.4 is 10.6 Å². The molecule has 0 spiro atoms. The number of hydrogen-bond donors (Lipinski definition) is 6. The van der Waals surface area contributed by atoms with E-state index in [4.69, 9.17) is 32.7 Å². The standard InChI is InChI=1S/C25H36Cl2N2O8S/c1-3-4-13-9-17(28-11-13)23(34)29-18(12(2)30)22-20(32)19(31)21(33)25(37-22)38-8-7-36-24(35)14-5-6-15(26)16(27)10-14/h5-6,10,12-13,17-22,25,28,30-33H,3-4,7-9,11H2,1-2H3,(H,29,34)/t12-,13-,17+,18-,19+,20-,21-,22-,25-/m1/s1. The molecule has 1 aromatic carbocycles. The number of rotatable bonds is 11. The third kappa shape index (κ3) is 7.96. The minimum absolute atomic E-state index is 0.0392. The summed E-state index contributed by atoms with van der Waals surface area (Å²) >= 11 is 12.9. The first-order valence-electron chi connectivity index (χ1n) is 12.7. The first kappa shape index (κ1) is 31.4. The van der Waals surface area contributed by atoms with Crippen LogP contribution in [0.5, 0.6) is 0 Å². The Morgan fingerprint density at radius 2 is 1.95 bits per heavy atom. The maximum atomic E-state index is 12.9. The topological polar surface area (TPSA) is 158 Å². The average Bonchev–Trinajstić information content (AvgIpc) is 3.35. The fourth-order valence-electron chi connectivity index (χ4n) is 4.69. The number of nitrogens with one attached hydrogen (secondary N) is 2. The summed E-state index contributed by atoms with van der Waals surface area (Å²) in [5.41, 5.74) is -0.788. The summed E-state index contributed by atoms with van der Waals surface area (Å²) < 4.78 is 11.1. The summed E-state index contributed by atoms with van der Waals surface area (Å²) in [6.45, 7) is 4.23. The van der Waals surface area contributed by atoms with Crippen molar-refractivity contribution in [2.75, 3.05) is 18.9 Å². The first-order valence-corrected chi connectivity index (χ1v) is 14.5. The van der Waals surface area contributed by atoms with Gasteiger partial charge < -0.3 is 40.5 Å². The Labute approximate surface area is 236 Å². The normalized spacial score (nSPS) is 31.0. The molecule has 0 radical (unpaired) electrons. The van der Waals surface area contributed by atoms with Gasteiger partial charge >= 0.3 is 5.97 Å². The lowest BCUT2D eigenvalue weighted by atomic mass is 9.92. The van der Waals surface area contributed by atoms with Crippen molar-refractivity contribution in [2.45, 2.75) is 81.1 Å². The molecule has 3 rings (SSSR count). The van der Waals surface area contributed by atoms with Gasteiger partial charge in [0.1, 0.15) is 36.5 Å². The van der Waals surface area contributed by atoms with Crippen molar-refractivity contribution < 1.29 is 39.5 Å². The Balaban J connectivity index is 1.57. The number of aliphatic hydroxyl groups excluding tert-OH is 4. The SMILES string of the molecule is CCC[C@H]1CN[C@H](C(=O)N[C@@H]([C@H]2O[C@H](SCCOC(=O)c3ccc(Cl)c(Cl)c3)[C@H](O)[C@@H](O)[C@H]2O)[C@@H](C)O)C1.